The fourth-order valence-corrected chi connectivity index (χ4v) is 1.88. The molecule has 1 aromatic carbocycles. The number of carbonyl (C=O) groups is 2. The number of ether oxygens (including phenoxy) is 1. The van der Waals surface area contributed by atoms with Crippen molar-refractivity contribution in [2.45, 2.75) is 6.92 Å². The molecular weight excluding hydrogens is 268 g/mol. The van der Waals surface area contributed by atoms with Crippen molar-refractivity contribution in [1.82, 2.24) is 4.90 Å². The Kier molecular flexibility index (Phi) is 5.18. The maximum atomic E-state index is 12.2. The van der Waals surface area contributed by atoms with Crippen LogP contribution in [0.25, 0.3) is 0 Å². The number of halogens is 1. The monoisotopic (exact) mass is 284 g/mol. The van der Waals surface area contributed by atoms with Crippen LogP contribution < -0.4 is 5.73 Å². The first-order chi connectivity index (χ1) is 8.86. The fraction of sp³-hybridized carbons (Fsp3) is 0.385. The van der Waals surface area contributed by atoms with Gasteiger partial charge in [0.05, 0.1) is 23.6 Å². The predicted molar refractivity (Wildman–Crippen MR) is 74.0 cm³/mol. The highest BCUT2D eigenvalue weighted by atomic mass is 35.5. The third-order valence-electron chi connectivity index (χ3n) is 2.72. The molecule has 0 saturated heterocycles. The summed E-state index contributed by atoms with van der Waals surface area (Å²) < 4.78 is 4.62. The van der Waals surface area contributed by atoms with E-state index in [-0.39, 0.29) is 18.4 Å². The van der Waals surface area contributed by atoms with Gasteiger partial charge >= 0.3 is 5.97 Å². The van der Waals surface area contributed by atoms with Crippen molar-refractivity contribution >= 4 is 29.2 Å². The van der Waals surface area contributed by atoms with E-state index in [1.165, 1.54) is 18.1 Å². The second kappa shape index (κ2) is 6.43. The molecule has 0 saturated carbocycles. The number of nitrogens with two attached hydrogens (primary N) is 1. The van der Waals surface area contributed by atoms with Gasteiger partial charge in [-0.15, -0.1) is 0 Å². The van der Waals surface area contributed by atoms with Crippen molar-refractivity contribution in [1.29, 1.82) is 0 Å². The molecular formula is C13H17ClN2O3. The molecule has 19 heavy (non-hydrogen) atoms. The molecule has 2 N–H and O–H groups in total. The molecule has 1 amide bonds. The average molecular weight is 285 g/mol. The van der Waals surface area contributed by atoms with Crippen molar-refractivity contribution < 1.29 is 14.3 Å². The molecule has 0 fully saturated rings. The predicted octanol–water partition coefficient (Wildman–Crippen LogP) is 1.80. The molecule has 0 aliphatic carbocycles. The van der Waals surface area contributed by atoms with Crippen LogP contribution in [-0.2, 0) is 9.53 Å². The molecule has 1 unspecified atom stereocenters. The van der Waals surface area contributed by atoms with Gasteiger partial charge in [0.1, 0.15) is 0 Å². The van der Waals surface area contributed by atoms with E-state index in [9.17, 15) is 9.59 Å². The Morgan fingerprint density at radius 1 is 1.47 bits per heavy atom. The zero-order chi connectivity index (χ0) is 14.6. The molecule has 0 aliphatic rings. The van der Waals surface area contributed by atoms with Crippen LogP contribution in [0.15, 0.2) is 18.2 Å². The van der Waals surface area contributed by atoms with Crippen molar-refractivity contribution in [3.8, 4) is 0 Å². The van der Waals surface area contributed by atoms with Crippen LogP contribution in [0.2, 0.25) is 5.02 Å². The van der Waals surface area contributed by atoms with Crippen LogP contribution in [0.4, 0.5) is 5.69 Å². The zero-order valence-corrected chi connectivity index (χ0v) is 11.9. The minimum Gasteiger partial charge on any atom is -0.469 e. The van der Waals surface area contributed by atoms with Crippen molar-refractivity contribution in [2.75, 3.05) is 26.4 Å². The lowest BCUT2D eigenvalue weighted by Gasteiger charge is -2.21. The Balaban J connectivity index is 2.82. The van der Waals surface area contributed by atoms with Crippen LogP contribution in [-0.4, -0.2) is 37.5 Å². The van der Waals surface area contributed by atoms with E-state index in [1.54, 1.807) is 26.1 Å². The molecule has 1 atom stereocenters. The van der Waals surface area contributed by atoms with E-state index >= 15 is 0 Å². The molecule has 104 valence electrons. The van der Waals surface area contributed by atoms with Crippen molar-refractivity contribution in [3.63, 3.8) is 0 Å². The number of esters is 1. The maximum Gasteiger partial charge on any atom is 0.310 e. The Bertz CT molecular complexity index is 491. The third-order valence-corrected chi connectivity index (χ3v) is 3.05. The number of methoxy groups -OCH3 is 1. The van der Waals surface area contributed by atoms with Gasteiger partial charge in [-0.05, 0) is 18.2 Å². The Hall–Kier alpha value is -1.75. The first-order valence-corrected chi connectivity index (χ1v) is 6.13. The van der Waals surface area contributed by atoms with E-state index in [0.29, 0.717) is 16.3 Å². The first kappa shape index (κ1) is 15.3. The molecule has 1 aromatic rings. The van der Waals surface area contributed by atoms with Crippen LogP contribution in [0.1, 0.15) is 17.3 Å². The molecule has 5 nitrogen and oxygen atoms in total. The first-order valence-electron chi connectivity index (χ1n) is 5.75. The van der Waals surface area contributed by atoms with Crippen LogP contribution in [0.5, 0.6) is 0 Å². The second-order valence-corrected chi connectivity index (χ2v) is 4.76. The van der Waals surface area contributed by atoms with Crippen LogP contribution >= 0.6 is 11.6 Å². The van der Waals surface area contributed by atoms with Gasteiger partial charge < -0.3 is 15.4 Å². The summed E-state index contributed by atoms with van der Waals surface area (Å²) in [6.07, 6.45) is 0. The smallest absolute Gasteiger partial charge is 0.310 e. The van der Waals surface area contributed by atoms with Gasteiger partial charge in [0, 0.05) is 19.3 Å². The van der Waals surface area contributed by atoms with Gasteiger partial charge in [-0.25, -0.2) is 0 Å². The van der Waals surface area contributed by atoms with Crippen LogP contribution in [0.3, 0.4) is 0 Å². The summed E-state index contributed by atoms with van der Waals surface area (Å²) >= 11 is 5.97. The minimum absolute atomic E-state index is 0.247. The van der Waals surface area contributed by atoms with E-state index in [1.807, 2.05) is 0 Å². The maximum absolute atomic E-state index is 12.2. The molecule has 1 rings (SSSR count). The average Bonchev–Trinajstić information content (AvgIpc) is 2.39. The topological polar surface area (TPSA) is 72.6 Å². The molecule has 0 heterocycles. The Labute approximate surface area is 117 Å². The van der Waals surface area contributed by atoms with Crippen molar-refractivity contribution in [3.05, 3.63) is 28.8 Å². The molecule has 0 spiro atoms. The molecule has 0 aliphatic heterocycles. The van der Waals surface area contributed by atoms with E-state index < -0.39 is 5.92 Å². The van der Waals surface area contributed by atoms with E-state index in [4.69, 9.17) is 17.3 Å². The van der Waals surface area contributed by atoms with Gasteiger partial charge in [-0.2, -0.15) is 0 Å². The van der Waals surface area contributed by atoms with Gasteiger partial charge in [0.15, 0.2) is 0 Å². The quantitative estimate of drug-likeness (QED) is 0.676. The highest BCUT2D eigenvalue weighted by Crippen LogP contribution is 2.20. The normalized spacial score (nSPS) is 11.8. The fourth-order valence-electron chi connectivity index (χ4n) is 1.68. The third kappa shape index (κ3) is 3.86. The Morgan fingerprint density at radius 2 is 2.11 bits per heavy atom. The lowest BCUT2D eigenvalue weighted by molar-refractivity contribution is -0.145. The van der Waals surface area contributed by atoms with Gasteiger partial charge in [-0.3, -0.25) is 9.59 Å². The number of amides is 1. The molecule has 0 radical (unpaired) electrons. The molecule has 0 aromatic heterocycles. The summed E-state index contributed by atoms with van der Waals surface area (Å²) in [5.74, 6) is -1.05. The lowest BCUT2D eigenvalue weighted by atomic mass is 10.1. The van der Waals surface area contributed by atoms with E-state index in [2.05, 4.69) is 4.74 Å². The van der Waals surface area contributed by atoms with Gasteiger partial charge in [0.2, 0.25) is 0 Å². The highest BCUT2D eigenvalue weighted by molar-refractivity contribution is 6.34. The SMILES string of the molecule is COC(=O)C(C)CN(C)C(=O)c1cc(N)ccc1Cl. The number of hydrogen-bond acceptors (Lipinski definition) is 4. The number of nitrogens with zero attached hydrogens (tertiary/aromatic N) is 1. The summed E-state index contributed by atoms with van der Waals surface area (Å²) in [4.78, 5) is 24.9. The summed E-state index contributed by atoms with van der Waals surface area (Å²) in [5.41, 5.74) is 6.41. The summed E-state index contributed by atoms with van der Waals surface area (Å²) in [7, 11) is 2.91. The lowest BCUT2D eigenvalue weighted by Crippen LogP contribution is -2.34. The minimum atomic E-state index is -0.404. The summed E-state index contributed by atoms with van der Waals surface area (Å²) in [6.45, 7) is 1.94. The number of hydrogen-bond donors (Lipinski definition) is 1. The number of rotatable bonds is 4. The molecule has 0 bridgehead atoms. The van der Waals surface area contributed by atoms with Crippen molar-refractivity contribution in [2.24, 2.45) is 5.92 Å². The van der Waals surface area contributed by atoms with Crippen LogP contribution in [0, 0.1) is 5.92 Å². The largest absolute Gasteiger partial charge is 0.469 e. The summed E-state index contributed by atoms with van der Waals surface area (Å²) in [6, 6.07) is 4.71. The Morgan fingerprint density at radius 3 is 2.68 bits per heavy atom. The summed E-state index contributed by atoms with van der Waals surface area (Å²) in [5, 5.41) is 0.330. The molecule has 6 heteroatoms. The van der Waals surface area contributed by atoms with E-state index in [0.717, 1.165) is 0 Å². The van der Waals surface area contributed by atoms with Gasteiger partial charge in [-0.1, -0.05) is 18.5 Å². The number of carbonyl (C=O) groups excluding carboxylic acids is 2. The number of anilines is 1. The number of benzene rings is 1. The van der Waals surface area contributed by atoms with Gasteiger partial charge in [0.25, 0.3) is 5.91 Å². The zero-order valence-electron chi connectivity index (χ0n) is 11.1. The highest BCUT2D eigenvalue weighted by Gasteiger charge is 2.21. The number of nitrogen functional groups attached to an aromatic ring is 1. The standard InChI is InChI=1S/C13H17ClN2O3/c1-8(13(18)19-3)7-16(2)12(17)10-6-9(15)4-5-11(10)14/h4-6,8H,7,15H2,1-3H3. The second-order valence-electron chi connectivity index (χ2n) is 4.35.